The number of H-pyrrole nitrogens is 1. The number of hydrogen-bond donors (Lipinski definition) is 2. The lowest BCUT2D eigenvalue weighted by Crippen LogP contribution is -2.56. The first-order valence-corrected chi connectivity index (χ1v) is 11.5. The minimum atomic E-state index is -0.903. The van der Waals surface area contributed by atoms with Crippen molar-refractivity contribution in [2.45, 2.75) is 24.9 Å². The Kier molecular flexibility index (Phi) is 5.78. The van der Waals surface area contributed by atoms with Crippen LogP contribution in [0.3, 0.4) is 0 Å². The van der Waals surface area contributed by atoms with E-state index < -0.39 is 17.2 Å². The van der Waals surface area contributed by atoms with Crippen molar-refractivity contribution in [3.05, 3.63) is 77.9 Å². The van der Waals surface area contributed by atoms with Gasteiger partial charge in [-0.3, -0.25) is 24.4 Å². The molecule has 1 saturated heterocycles. The van der Waals surface area contributed by atoms with Gasteiger partial charge in [-0.15, -0.1) is 0 Å². The molecule has 1 aromatic carbocycles. The molecule has 1 unspecified atom stereocenters. The molecule has 2 aliphatic heterocycles. The standard InChI is InChI=1S/C26H26N6O3/c1-17-15-31(24(34)18-6-3-2-4-7-18)12-13-32(17)25(35)22(33)20-14-30-21-19(20)8-11-29-23(21)26(27)9-5-10-28-16-26/h2-8,10-11,14,16-17,30H,9,12-13,15,27H2,1H3/t17-,26?/m1/s1. The third-order valence-corrected chi connectivity index (χ3v) is 6.63. The van der Waals surface area contributed by atoms with Crippen LogP contribution in [0.5, 0.6) is 0 Å². The van der Waals surface area contributed by atoms with Gasteiger partial charge >= 0.3 is 0 Å². The Labute approximate surface area is 202 Å². The lowest BCUT2D eigenvalue weighted by molar-refractivity contribution is -0.130. The van der Waals surface area contributed by atoms with E-state index in [0.29, 0.717) is 41.7 Å². The molecule has 0 bridgehead atoms. The molecule has 4 heterocycles. The number of carbonyl (C=O) groups excluding carboxylic acids is 3. The SMILES string of the molecule is C[C@@H]1CN(C(=O)c2ccccc2)CCN1C(=O)C(=O)c1c[nH]c2c(C3(N)C=NC=CC3)nccc12. The second-order valence-electron chi connectivity index (χ2n) is 8.99. The number of rotatable bonds is 4. The largest absolute Gasteiger partial charge is 0.359 e. The molecular formula is C26H26N6O3. The van der Waals surface area contributed by atoms with E-state index in [-0.39, 0.29) is 24.1 Å². The third-order valence-electron chi connectivity index (χ3n) is 6.63. The monoisotopic (exact) mass is 470 g/mol. The van der Waals surface area contributed by atoms with Gasteiger partial charge < -0.3 is 20.5 Å². The first-order valence-electron chi connectivity index (χ1n) is 11.5. The number of Topliss-reactive ketones (excluding diaryl/α,β-unsaturated/α-hetero) is 1. The number of carbonyl (C=O) groups is 3. The molecule has 1 fully saturated rings. The molecule has 9 heteroatoms. The van der Waals surface area contributed by atoms with Crippen LogP contribution >= 0.6 is 0 Å². The number of amides is 2. The van der Waals surface area contributed by atoms with Gasteiger partial charge in [0.25, 0.3) is 17.6 Å². The summed E-state index contributed by atoms with van der Waals surface area (Å²) in [6.07, 6.45) is 8.83. The second kappa shape index (κ2) is 8.92. The first kappa shape index (κ1) is 22.7. The summed E-state index contributed by atoms with van der Waals surface area (Å²) in [4.78, 5) is 54.3. The van der Waals surface area contributed by atoms with Gasteiger partial charge in [0.1, 0.15) is 0 Å². The maximum absolute atomic E-state index is 13.3. The maximum Gasteiger partial charge on any atom is 0.295 e. The fourth-order valence-electron chi connectivity index (χ4n) is 4.74. The molecule has 0 radical (unpaired) electrons. The zero-order valence-electron chi connectivity index (χ0n) is 19.3. The van der Waals surface area contributed by atoms with E-state index in [1.165, 1.54) is 6.20 Å². The summed E-state index contributed by atoms with van der Waals surface area (Å²) in [6, 6.07) is 10.5. The zero-order chi connectivity index (χ0) is 24.6. The van der Waals surface area contributed by atoms with Crippen LogP contribution in [-0.2, 0) is 10.3 Å². The highest BCUT2D eigenvalue weighted by atomic mass is 16.2. The van der Waals surface area contributed by atoms with E-state index in [9.17, 15) is 14.4 Å². The number of benzene rings is 1. The second-order valence-corrected chi connectivity index (χ2v) is 8.99. The first-order chi connectivity index (χ1) is 16.9. The number of hydrogen-bond acceptors (Lipinski definition) is 6. The van der Waals surface area contributed by atoms with E-state index in [0.717, 1.165) is 0 Å². The van der Waals surface area contributed by atoms with Crippen LogP contribution in [0, 0.1) is 0 Å². The summed E-state index contributed by atoms with van der Waals surface area (Å²) in [5.74, 6) is -1.27. The smallest absolute Gasteiger partial charge is 0.295 e. The highest BCUT2D eigenvalue weighted by Gasteiger charge is 2.35. The topological polar surface area (TPSA) is 125 Å². The quantitative estimate of drug-likeness (QED) is 0.447. The van der Waals surface area contributed by atoms with Crippen LogP contribution in [0.15, 0.2) is 66.1 Å². The molecule has 2 aromatic heterocycles. The van der Waals surface area contributed by atoms with Crippen molar-refractivity contribution in [3.63, 3.8) is 0 Å². The number of fused-ring (bicyclic) bond motifs is 1. The molecule has 2 atom stereocenters. The molecule has 2 aliphatic rings. The highest BCUT2D eigenvalue weighted by molar-refractivity contribution is 6.45. The number of nitrogens with one attached hydrogen (secondary N) is 1. The maximum atomic E-state index is 13.3. The van der Waals surface area contributed by atoms with Crippen LogP contribution in [0.25, 0.3) is 10.9 Å². The van der Waals surface area contributed by atoms with E-state index >= 15 is 0 Å². The number of pyridine rings is 1. The normalized spacial score (nSPS) is 21.9. The predicted molar refractivity (Wildman–Crippen MR) is 132 cm³/mol. The Morgan fingerprint density at radius 1 is 1.14 bits per heavy atom. The summed E-state index contributed by atoms with van der Waals surface area (Å²) in [6.45, 7) is 2.86. The van der Waals surface area contributed by atoms with Crippen molar-refractivity contribution in [3.8, 4) is 0 Å². The van der Waals surface area contributed by atoms with Gasteiger partial charge in [-0.25, -0.2) is 0 Å². The molecule has 35 heavy (non-hydrogen) atoms. The van der Waals surface area contributed by atoms with Gasteiger partial charge in [-0.05, 0) is 31.5 Å². The summed E-state index contributed by atoms with van der Waals surface area (Å²) in [7, 11) is 0. The minimum Gasteiger partial charge on any atom is -0.359 e. The number of piperazine rings is 1. The van der Waals surface area contributed by atoms with Crippen molar-refractivity contribution >= 4 is 34.7 Å². The molecule has 5 rings (SSSR count). The van der Waals surface area contributed by atoms with Crippen molar-refractivity contribution < 1.29 is 14.4 Å². The number of aliphatic imine (C=N–C) groups is 1. The fourth-order valence-corrected chi connectivity index (χ4v) is 4.74. The van der Waals surface area contributed by atoms with Crippen molar-refractivity contribution in [2.75, 3.05) is 19.6 Å². The van der Waals surface area contributed by atoms with Crippen molar-refractivity contribution in [1.29, 1.82) is 0 Å². The molecular weight excluding hydrogens is 444 g/mol. The van der Waals surface area contributed by atoms with Crippen LogP contribution < -0.4 is 5.73 Å². The van der Waals surface area contributed by atoms with Crippen LogP contribution in [0.4, 0.5) is 0 Å². The zero-order valence-corrected chi connectivity index (χ0v) is 19.3. The van der Waals surface area contributed by atoms with Gasteiger partial charge in [0.2, 0.25) is 0 Å². The Balaban J connectivity index is 1.35. The molecule has 0 spiro atoms. The van der Waals surface area contributed by atoms with Gasteiger partial charge in [0, 0.05) is 61.4 Å². The Morgan fingerprint density at radius 2 is 1.94 bits per heavy atom. The van der Waals surface area contributed by atoms with Gasteiger partial charge in [0.15, 0.2) is 0 Å². The Bertz CT molecular complexity index is 1360. The highest BCUT2D eigenvalue weighted by Crippen LogP contribution is 2.30. The minimum absolute atomic E-state index is 0.0793. The Morgan fingerprint density at radius 3 is 2.66 bits per heavy atom. The fraction of sp³-hybridized carbons (Fsp3) is 0.269. The van der Waals surface area contributed by atoms with Crippen LogP contribution in [-0.4, -0.2) is 69.3 Å². The van der Waals surface area contributed by atoms with Gasteiger partial charge in [-0.2, -0.15) is 0 Å². The average Bonchev–Trinajstić information content (AvgIpc) is 3.32. The molecule has 3 N–H and O–H groups in total. The van der Waals surface area contributed by atoms with Crippen LogP contribution in [0.1, 0.15) is 39.8 Å². The summed E-state index contributed by atoms with van der Waals surface area (Å²) < 4.78 is 0. The average molecular weight is 471 g/mol. The van der Waals surface area contributed by atoms with E-state index in [1.807, 2.05) is 31.2 Å². The van der Waals surface area contributed by atoms with E-state index in [1.54, 1.807) is 46.6 Å². The number of aromatic amines is 1. The molecule has 0 saturated carbocycles. The molecule has 3 aromatic rings. The van der Waals surface area contributed by atoms with Crippen molar-refractivity contribution in [2.24, 2.45) is 10.7 Å². The number of nitrogens with two attached hydrogens (primary N) is 1. The van der Waals surface area contributed by atoms with Gasteiger partial charge in [-0.1, -0.05) is 24.3 Å². The van der Waals surface area contributed by atoms with E-state index in [2.05, 4.69) is 15.0 Å². The summed E-state index contributed by atoms with van der Waals surface area (Å²) >= 11 is 0. The van der Waals surface area contributed by atoms with Crippen LogP contribution in [0.2, 0.25) is 0 Å². The van der Waals surface area contributed by atoms with E-state index in [4.69, 9.17) is 5.73 Å². The Hall–Kier alpha value is -4.11. The number of aromatic nitrogens is 2. The summed E-state index contributed by atoms with van der Waals surface area (Å²) in [5.41, 5.74) is 7.68. The third kappa shape index (κ3) is 4.04. The number of ketones is 1. The van der Waals surface area contributed by atoms with Crippen molar-refractivity contribution in [1.82, 2.24) is 19.8 Å². The molecule has 9 nitrogen and oxygen atoms in total. The lowest BCUT2D eigenvalue weighted by Gasteiger charge is -2.39. The molecule has 178 valence electrons. The molecule has 2 amide bonds. The summed E-state index contributed by atoms with van der Waals surface area (Å²) in [5, 5.41) is 0.590. The molecule has 0 aliphatic carbocycles. The predicted octanol–water partition coefficient (Wildman–Crippen LogP) is 2.26. The van der Waals surface area contributed by atoms with Gasteiger partial charge in [0.05, 0.1) is 22.3 Å². The number of nitrogens with zero attached hydrogens (tertiary/aromatic N) is 4. The lowest BCUT2D eigenvalue weighted by atomic mass is 9.90.